The van der Waals surface area contributed by atoms with Gasteiger partial charge in [-0.25, -0.2) is 0 Å². The summed E-state index contributed by atoms with van der Waals surface area (Å²) in [6, 6.07) is 9.84. The molecule has 1 heteroatoms. The molecule has 16 heavy (non-hydrogen) atoms. The second-order valence-electron chi connectivity index (χ2n) is 5.48. The molecule has 1 atom stereocenters. The molecule has 1 aromatic rings. The molecule has 0 bridgehead atoms. The summed E-state index contributed by atoms with van der Waals surface area (Å²) in [5, 5.41) is 0. The maximum absolute atomic E-state index is 2.60. The molecule has 1 aliphatic heterocycles. The first kappa shape index (κ1) is 10.3. The van der Waals surface area contributed by atoms with E-state index in [1.54, 1.807) is 11.1 Å². The molecule has 1 aromatic carbocycles. The van der Waals surface area contributed by atoms with Crippen LogP contribution in [0.25, 0.3) is 0 Å². The van der Waals surface area contributed by atoms with Gasteiger partial charge in [0.1, 0.15) is 0 Å². The van der Waals surface area contributed by atoms with Crippen LogP contribution >= 0.6 is 0 Å². The predicted molar refractivity (Wildman–Crippen MR) is 67.6 cm³/mol. The number of rotatable bonds is 1. The van der Waals surface area contributed by atoms with Crippen LogP contribution in [-0.4, -0.2) is 24.5 Å². The molecule has 1 aliphatic carbocycles. The molecule has 1 nitrogen and oxygen atoms in total. The van der Waals surface area contributed by atoms with Crippen molar-refractivity contribution in [2.24, 2.45) is 5.92 Å². The van der Waals surface area contributed by atoms with Crippen LogP contribution in [0, 0.1) is 5.92 Å². The summed E-state index contributed by atoms with van der Waals surface area (Å²) in [7, 11) is 2.31. The third kappa shape index (κ3) is 1.78. The van der Waals surface area contributed by atoms with Crippen LogP contribution in [0.4, 0.5) is 0 Å². The van der Waals surface area contributed by atoms with E-state index >= 15 is 0 Å². The molecular weight excluding hydrogens is 194 g/mol. The molecule has 0 aromatic heterocycles. The quantitative estimate of drug-likeness (QED) is 0.696. The van der Waals surface area contributed by atoms with Crippen molar-refractivity contribution in [2.75, 3.05) is 13.6 Å². The van der Waals surface area contributed by atoms with Gasteiger partial charge in [0.05, 0.1) is 0 Å². The molecule has 1 heterocycles. The van der Waals surface area contributed by atoms with Gasteiger partial charge >= 0.3 is 0 Å². The van der Waals surface area contributed by atoms with Gasteiger partial charge in [0.2, 0.25) is 0 Å². The topological polar surface area (TPSA) is 3.24 Å². The molecule has 86 valence electrons. The van der Waals surface area contributed by atoms with Gasteiger partial charge in [-0.1, -0.05) is 30.7 Å². The molecule has 1 unspecified atom stereocenters. The highest BCUT2D eigenvalue weighted by molar-refractivity contribution is 5.32. The first-order valence-corrected chi connectivity index (χ1v) is 6.61. The molecular formula is C15H21N. The van der Waals surface area contributed by atoms with Crippen molar-refractivity contribution >= 4 is 0 Å². The molecule has 0 amide bonds. The van der Waals surface area contributed by atoms with Crippen LogP contribution in [0.15, 0.2) is 24.3 Å². The fourth-order valence-corrected chi connectivity index (χ4v) is 3.56. The molecule has 1 fully saturated rings. The summed E-state index contributed by atoms with van der Waals surface area (Å²) in [6.45, 7) is 1.30. The first-order valence-electron chi connectivity index (χ1n) is 6.61. The summed E-state index contributed by atoms with van der Waals surface area (Å²) in [5.74, 6) is 0.877. The van der Waals surface area contributed by atoms with Crippen molar-refractivity contribution in [3.63, 3.8) is 0 Å². The van der Waals surface area contributed by atoms with Crippen LogP contribution in [0.1, 0.15) is 30.4 Å². The number of hydrogen-bond acceptors (Lipinski definition) is 1. The average Bonchev–Trinajstić information content (AvgIpc) is 2.73. The molecule has 3 rings (SSSR count). The summed E-state index contributed by atoms with van der Waals surface area (Å²) < 4.78 is 0. The Hall–Kier alpha value is -0.820. The highest BCUT2D eigenvalue weighted by Crippen LogP contribution is 2.33. The zero-order valence-corrected chi connectivity index (χ0v) is 10.2. The largest absolute Gasteiger partial charge is 0.303 e. The van der Waals surface area contributed by atoms with E-state index in [0.29, 0.717) is 0 Å². The Morgan fingerprint density at radius 2 is 1.75 bits per heavy atom. The van der Waals surface area contributed by atoms with Crippen LogP contribution in [0.2, 0.25) is 0 Å². The average molecular weight is 215 g/mol. The van der Waals surface area contributed by atoms with E-state index in [4.69, 9.17) is 0 Å². The van der Waals surface area contributed by atoms with Gasteiger partial charge in [-0.15, -0.1) is 0 Å². The maximum atomic E-state index is 2.60. The monoisotopic (exact) mass is 215 g/mol. The minimum atomic E-state index is 0.834. The van der Waals surface area contributed by atoms with Gasteiger partial charge in [-0.05, 0) is 56.3 Å². The number of hydrogen-bond donors (Lipinski definition) is 0. The van der Waals surface area contributed by atoms with Gasteiger partial charge < -0.3 is 4.90 Å². The number of likely N-dealkylation sites (tertiary alicyclic amines) is 1. The van der Waals surface area contributed by atoms with E-state index in [1.165, 1.54) is 38.6 Å². The van der Waals surface area contributed by atoms with E-state index in [9.17, 15) is 0 Å². The van der Waals surface area contributed by atoms with Crippen molar-refractivity contribution in [1.29, 1.82) is 0 Å². The highest BCUT2D eigenvalue weighted by atomic mass is 15.1. The van der Waals surface area contributed by atoms with Gasteiger partial charge in [0.25, 0.3) is 0 Å². The van der Waals surface area contributed by atoms with Gasteiger partial charge in [0.15, 0.2) is 0 Å². The SMILES string of the molecule is CN1CCCCC1C1Cc2ccccc2C1. The molecule has 2 aliphatic rings. The lowest BCUT2D eigenvalue weighted by molar-refractivity contribution is 0.132. The van der Waals surface area contributed by atoms with Crippen molar-refractivity contribution in [2.45, 2.75) is 38.1 Å². The normalized spacial score (nSPS) is 26.9. The van der Waals surface area contributed by atoms with Crippen molar-refractivity contribution in [3.05, 3.63) is 35.4 Å². The lowest BCUT2D eigenvalue weighted by atomic mass is 9.88. The number of benzene rings is 1. The van der Waals surface area contributed by atoms with Crippen LogP contribution in [0.3, 0.4) is 0 Å². The van der Waals surface area contributed by atoms with Gasteiger partial charge in [-0.2, -0.15) is 0 Å². The minimum absolute atomic E-state index is 0.834. The standard InChI is InChI=1S/C15H21N/c1-16-9-5-4-8-15(16)14-10-12-6-2-3-7-13(12)11-14/h2-3,6-7,14-15H,4-5,8-11H2,1H3. The van der Waals surface area contributed by atoms with Crippen LogP contribution < -0.4 is 0 Å². The van der Waals surface area contributed by atoms with E-state index in [-0.39, 0.29) is 0 Å². The summed E-state index contributed by atoms with van der Waals surface area (Å²) >= 11 is 0. The van der Waals surface area contributed by atoms with Crippen LogP contribution in [0.5, 0.6) is 0 Å². The van der Waals surface area contributed by atoms with Crippen molar-refractivity contribution in [1.82, 2.24) is 4.90 Å². The number of fused-ring (bicyclic) bond motifs is 1. The Balaban J connectivity index is 1.75. The minimum Gasteiger partial charge on any atom is -0.303 e. The Labute approximate surface area is 98.5 Å². The molecule has 0 radical (unpaired) electrons. The zero-order valence-electron chi connectivity index (χ0n) is 10.2. The van der Waals surface area contributed by atoms with E-state index < -0.39 is 0 Å². The molecule has 0 saturated carbocycles. The van der Waals surface area contributed by atoms with Gasteiger partial charge in [-0.3, -0.25) is 0 Å². The lowest BCUT2D eigenvalue weighted by Crippen LogP contribution is -2.41. The van der Waals surface area contributed by atoms with Crippen LogP contribution in [-0.2, 0) is 12.8 Å². The Bertz CT molecular complexity index is 346. The van der Waals surface area contributed by atoms with Crippen molar-refractivity contribution in [3.8, 4) is 0 Å². The summed E-state index contributed by atoms with van der Waals surface area (Å²) in [6.07, 6.45) is 6.86. The molecule has 0 spiro atoms. The van der Waals surface area contributed by atoms with Gasteiger partial charge in [0, 0.05) is 6.04 Å². The third-order valence-electron chi connectivity index (χ3n) is 4.45. The smallest absolute Gasteiger partial charge is 0.0127 e. The number of nitrogens with zero attached hydrogens (tertiary/aromatic N) is 1. The summed E-state index contributed by atoms with van der Waals surface area (Å²) in [4.78, 5) is 2.60. The van der Waals surface area contributed by atoms with Crippen molar-refractivity contribution < 1.29 is 0 Å². The predicted octanol–water partition coefficient (Wildman–Crippen LogP) is 2.89. The molecule has 1 saturated heterocycles. The Morgan fingerprint density at radius 1 is 1.06 bits per heavy atom. The second kappa shape index (κ2) is 4.21. The van der Waals surface area contributed by atoms with E-state index in [1.807, 2.05) is 0 Å². The molecule has 0 N–H and O–H groups in total. The van der Waals surface area contributed by atoms with E-state index in [2.05, 4.69) is 36.2 Å². The third-order valence-corrected chi connectivity index (χ3v) is 4.45. The maximum Gasteiger partial charge on any atom is 0.0127 e. The Morgan fingerprint density at radius 3 is 2.38 bits per heavy atom. The number of piperidine rings is 1. The Kier molecular flexibility index (Phi) is 2.72. The summed E-state index contributed by atoms with van der Waals surface area (Å²) in [5.41, 5.74) is 3.21. The zero-order chi connectivity index (χ0) is 11.0. The second-order valence-corrected chi connectivity index (χ2v) is 5.48. The van der Waals surface area contributed by atoms with E-state index in [0.717, 1.165) is 12.0 Å². The first-order chi connectivity index (χ1) is 7.84. The highest BCUT2D eigenvalue weighted by Gasteiger charge is 2.31. The lowest BCUT2D eigenvalue weighted by Gasteiger charge is -2.36. The fourth-order valence-electron chi connectivity index (χ4n) is 3.56. The fraction of sp³-hybridized carbons (Fsp3) is 0.600.